The van der Waals surface area contributed by atoms with E-state index in [1.165, 1.54) is 18.5 Å². The smallest absolute Gasteiger partial charge is 0.227 e. The van der Waals surface area contributed by atoms with Crippen LogP contribution in [0, 0.1) is 11.7 Å². The Morgan fingerprint density at radius 1 is 1.14 bits per heavy atom. The number of halogens is 1. The van der Waals surface area contributed by atoms with Crippen molar-refractivity contribution in [2.24, 2.45) is 5.92 Å². The fourth-order valence-corrected chi connectivity index (χ4v) is 3.36. The molecule has 0 aliphatic heterocycles. The molecule has 0 aliphatic rings. The Morgan fingerprint density at radius 3 is 2.31 bits per heavy atom. The molecule has 0 bridgehead atoms. The number of hydrogen-bond acceptors (Lipinski definition) is 5. The first kappa shape index (κ1) is 22.9. The van der Waals surface area contributed by atoms with Crippen molar-refractivity contribution in [3.05, 3.63) is 59.4 Å². The normalized spacial score (nSPS) is 12.4. The van der Waals surface area contributed by atoms with Gasteiger partial charge in [-0.15, -0.1) is 0 Å². The van der Waals surface area contributed by atoms with E-state index in [1.54, 1.807) is 30.3 Å². The van der Waals surface area contributed by atoms with Gasteiger partial charge in [-0.05, 0) is 37.5 Å². The minimum atomic E-state index is -0.621. The van der Waals surface area contributed by atoms with Crippen molar-refractivity contribution >= 4 is 5.91 Å². The SMILES string of the molecule is CCOC(OCC)c1ncncc1C(C(C)C)N(C)C(=O)Cc1ccc(F)cc1. The third kappa shape index (κ3) is 6.05. The third-order valence-electron chi connectivity index (χ3n) is 4.66. The molecule has 1 amide bonds. The van der Waals surface area contributed by atoms with E-state index in [4.69, 9.17) is 9.47 Å². The fourth-order valence-electron chi connectivity index (χ4n) is 3.36. The quantitative estimate of drug-likeness (QED) is 0.559. The van der Waals surface area contributed by atoms with Crippen molar-refractivity contribution in [2.75, 3.05) is 20.3 Å². The molecule has 0 saturated heterocycles. The number of carbonyl (C=O) groups is 1. The number of hydrogen-bond donors (Lipinski definition) is 0. The predicted octanol–water partition coefficient (Wildman–Crippen LogP) is 4.09. The summed E-state index contributed by atoms with van der Waals surface area (Å²) < 4.78 is 24.6. The highest BCUT2D eigenvalue weighted by atomic mass is 19.1. The molecule has 2 rings (SSSR count). The lowest BCUT2D eigenvalue weighted by Gasteiger charge is -2.33. The summed E-state index contributed by atoms with van der Waals surface area (Å²) in [6.07, 6.45) is 2.75. The first-order chi connectivity index (χ1) is 13.9. The zero-order chi connectivity index (χ0) is 21.4. The summed E-state index contributed by atoms with van der Waals surface area (Å²) in [5, 5.41) is 0. The summed E-state index contributed by atoms with van der Waals surface area (Å²) in [6, 6.07) is 5.72. The van der Waals surface area contributed by atoms with Gasteiger partial charge >= 0.3 is 0 Å². The molecule has 0 N–H and O–H groups in total. The van der Waals surface area contributed by atoms with Gasteiger partial charge in [-0.2, -0.15) is 0 Å². The van der Waals surface area contributed by atoms with E-state index in [0.717, 1.165) is 11.1 Å². The standard InChI is InChI=1S/C22H30FN3O3/c1-6-28-22(29-7-2)20-18(13-24-14-25-20)21(15(3)4)26(5)19(27)12-16-8-10-17(23)11-9-16/h8-11,13-15,21-22H,6-7,12H2,1-5H3. The largest absolute Gasteiger partial charge is 0.347 e. The second kappa shape index (κ2) is 11.0. The van der Waals surface area contributed by atoms with Crippen molar-refractivity contribution < 1.29 is 18.7 Å². The summed E-state index contributed by atoms with van der Waals surface area (Å²) in [6.45, 7) is 8.81. The van der Waals surface area contributed by atoms with Gasteiger partial charge in [0.25, 0.3) is 0 Å². The van der Waals surface area contributed by atoms with E-state index >= 15 is 0 Å². The van der Waals surface area contributed by atoms with Gasteiger partial charge in [0.05, 0.1) is 12.5 Å². The molecule has 7 heteroatoms. The molecule has 1 heterocycles. The van der Waals surface area contributed by atoms with E-state index in [0.29, 0.717) is 18.9 Å². The number of nitrogens with zero attached hydrogens (tertiary/aromatic N) is 3. The molecule has 0 radical (unpaired) electrons. The number of benzene rings is 1. The molecule has 0 fully saturated rings. The van der Waals surface area contributed by atoms with Crippen molar-refractivity contribution in [1.82, 2.24) is 14.9 Å². The number of ether oxygens (including phenoxy) is 2. The number of aromatic nitrogens is 2. The molecule has 1 aromatic heterocycles. The van der Waals surface area contributed by atoms with Gasteiger partial charge in [0.2, 0.25) is 12.2 Å². The Bertz CT molecular complexity index is 777. The average Bonchev–Trinajstić information content (AvgIpc) is 2.70. The van der Waals surface area contributed by atoms with Crippen LogP contribution in [0.1, 0.15) is 56.8 Å². The highest BCUT2D eigenvalue weighted by Crippen LogP contribution is 2.33. The Kier molecular flexibility index (Phi) is 8.67. The fraction of sp³-hybridized carbons (Fsp3) is 0.500. The van der Waals surface area contributed by atoms with Crippen LogP contribution in [0.3, 0.4) is 0 Å². The Hall–Kier alpha value is -2.38. The molecule has 6 nitrogen and oxygen atoms in total. The molecule has 0 spiro atoms. The van der Waals surface area contributed by atoms with Crippen LogP contribution in [0.5, 0.6) is 0 Å². The molecule has 2 aromatic rings. The lowest BCUT2D eigenvalue weighted by atomic mass is 9.93. The lowest BCUT2D eigenvalue weighted by Crippen LogP contribution is -2.36. The molecule has 1 unspecified atom stereocenters. The first-order valence-corrected chi connectivity index (χ1v) is 9.92. The van der Waals surface area contributed by atoms with Crippen molar-refractivity contribution in [1.29, 1.82) is 0 Å². The van der Waals surface area contributed by atoms with Gasteiger partial charge in [-0.3, -0.25) is 4.79 Å². The minimum Gasteiger partial charge on any atom is -0.347 e. The van der Waals surface area contributed by atoms with Gasteiger partial charge in [-0.1, -0.05) is 26.0 Å². The Labute approximate surface area is 172 Å². The van der Waals surface area contributed by atoms with Crippen LogP contribution in [-0.4, -0.2) is 41.0 Å². The van der Waals surface area contributed by atoms with Crippen molar-refractivity contribution in [3.63, 3.8) is 0 Å². The summed E-state index contributed by atoms with van der Waals surface area (Å²) >= 11 is 0. The van der Waals surface area contributed by atoms with Gasteiger partial charge < -0.3 is 14.4 Å². The van der Waals surface area contributed by atoms with Crippen LogP contribution in [0.15, 0.2) is 36.8 Å². The molecule has 0 aliphatic carbocycles. The molecule has 0 saturated carbocycles. The lowest BCUT2D eigenvalue weighted by molar-refractivity contribution is -0.144. The maximum atomic E-state index is 13.2. The van der Waals surface area contributed by atoms with Crippen LogP contribution in [0.4, 0.5) is 4.39 Å². The van der Waals surface area contributed by atoms with Gasteiger partial charge in [0, 0.05) is 32.0 Å². The predicted molar refractivity (Wildman–Crippen MR) is 108 cm³/mol. The number of carbonyl (C=O) groups excluding carboxylic acids is 1. The highest BCUT2D eigenvalue weighted by Gasteiger charge is 2.30. The Morgan fingerprint density at radius 2 is 1.76 bits per heavy atom. The first-order valence-electron chi connectivity index (χ1n) is 9.92. The van der Waals surface area contributed by atoms with Gasteiger partial charge in [0.1, 0.15) is 17.8 Å². The maximum absolute atomic E-state index is 13.2. The summed E-state index contributed by atoms with van der Waals surface area (Å²) in [5.41, 5.74) is 2.19. The topological polar surface area (TPSA) is 64.6 Å². The zero-order valence-corrected chi connectivity index (χ0v) is 17.8. The summed E-state index contributed by atoms with van der Waals surface area (Å²) in [5.74, 6) is -0.293. The maximum Gasteiger partial charge on any atom is 0.227 e. The van der Waals surface area contributed by atoms with E-state index in [2.05, 4.69) is 9.97 Å². The van der Waals surface area contributed by atoms with Crippen molar-refractivity contribution in [2.45, 2.75) is 46.4 Å². The number of rotatable bonds is 10. The third-order valence-corrected chi connectivity index (χ3v) is 4.66. The van der Waals surface area contributed by atoms with E-state index < -0.39 is 6.29 Å². The number of amides is 1. The van der Waals surface area contributed by atoms with Gasteiger partial charge in [0.15, 0.2) is 0 Å². The minimum absolute atomic E-state index is 0.0746. The summed E-state index contributed by atoms with van der Waals surface area (Å²) in [4.78, 5) is 23.3. The van der Waals surface area contributed by atoms with E-state index in [-0.39, 0.29) is 30.1 Å². The Balaban J connectivity index is 2.33. The van der Waals surface area contributed by atoms with Crippen LogP contribution >= 0.6 is 0 Å². The average molecular weight is 403 g/mol. The van der Waals surface area contributed by atoms with E-state index in [1.807, 2.05) is 27.7 Å². The van der Waals surface area contributed by atoms with Crippen LogP contribution < -0.4 is 0 Å². The van der Waals surface area contributed by atoms with Crippen LogP contribution in [0.25, 0.3) is 0 Å². The van der Waals surface area contributed by atoms with Crippen LogP contribution in [-0.2, 0) is 20.7 Å². The molecule has 1 atom stereocenters. The molecule has 29 heavy (non-hydrogen) atoms. The highest BCUT2D eigenvalue weighted by molar-refractivity contribution is 5.79. The second-order valence-corrected chi connectivity index (χ2v) is 7.10. The van der Waals surface area contributed by atoms with Gasteiger partial charge in [-0.25, -0.2) is 14.4 Å². The second-order valence-electron chi connectivity index (χ2n) is 7.10. The number of likely N-dealkylation sites (N-methyl/N-ethyl adjacent to an activating group) is 1. The van der Waals surface area contributed by atoms with Crippen LogP contribution in [0.2, 0.25) is 0 Å². The molecular formula is C22H30FN3O3. The summed E-state index contributed by atoms with van der Waals surface area (Å²) in [7, 11) is 1.77. The molecule has 1 aromatic carbocycles. The van der Waals surface area contributed by atoms with Crippen molar-refractivity contribution in [3.8, 4) is 0 Å². The molecule has 158 valence electrons. The molecular weight excluding hydrogens is 373 g/mol. The van der Waals surface area contributed by atoms with E-state index in [9.17, 15) is 9.18 Å². The zero-order valence-electron chi connectivity index (χ0n) is 17.8. The monoisotopic (exact) mass is 403 g/mol.